The molecular formula is C13H14N2O5. The number of aldehydes is 1. The van der Waals surface area contributed by atoms with Gasteiger partial charge < -0.3 is 15.4 Å². The molecule has 0 fully saturated rings. The Morgan fingerprint density at radius 3 is 2.65 bits per heavy atom. The van der Waals surface area contributed by atoms with E-state index in [-0.39, 0.29) is 13.2 Å². The molecule has 1 aromatic rings. The van der Waals surface area contributed by atoms with Gasteiger partial charge in [0.25, 0.3) is 0 Å². The van der Waals surface area contributed by atoms with Crippen molar-refractivity contribution < 1.29 is 23.9 Å². The third kappa shape index (κ3) is 4.89. The highest BCUT2D eigenvalue weighted by molar-refractivity contribution is 5.94. The summed E-state index contributed by atoms with van der Waals surface area (Å²) in [6.07, 6.45) is 1.02. The quantitative estimate of drug-likeness (QED) is 0.550. The molecule has 0 heterocycles. The number of hydrogen-bond acceptors (Lipinski definition) is 5. The molecule has 0 saturated carbocycles. The van der Waals surface area contributed by atoms with Crippen molar-refractivity contribution in [1.82, 2.24) is 5.32 Å². The molecule has 7 heteroatoms. The zero-order valence-electron chi connectivity index (χ0n) is 10.8. The lowest BCUT2D eigenvalue weighted by Crippen LogP contribution is -2.26. The van der Waals surface area contributed by atoms with Gasteiger partial charge in [-0.15, -0.1) is 0 Å². The topological polar surface area (TPSA) is 102 Å². The molecule has 2 N–H and O–H groups in total. The Balaban J connectivity index is 2.75. The van der Waals surface area contributed by atoms with Gasteiger partial charge in [-0.05, 0) is 12.1 Å². The van der Waals surface area contributed by atoms with Crippen LogP contribution in [-0.2, 0) is 25.7 Å². The van der Waals surface area contributed by atoms with Gasteiger partial charge in [0, 0.05) is 23.7 Å². The molecule has 0 aliphatic carbocycles. The summed E-state index contributed by atoms with van der Waals surface area (Å²) in [4.78, 5) is 43.1. The summed E-state index contributed by atoms with van der Waals surface area (Å²) in [5, 5.41) is 4.74. The Bertz CT molecular complexity index is 527. The molecule has 0 aromatic heterocycles. The average Bonchev–Trinajstić information content (AvgIpc) is 2.43. The van der Waals surface area contributed by atoms with Gasteiger partial charge in [-0.3, -0.25) is 19.2 Å². The maximum absolute atomic E-state index is 11.4. The molecule has 0 unspecified atom stereocenters. The van der Waals surface area contributed by atoms with Crippen molar-refractivity contribution in [2.45, 2.75) is 13.5 Å². The van der Waals surface area contributed by atoms with Crippen LogP contribution < -0.4 is 10.6 Å². The van der Waals surface area contributed by atoms with Crippen molar-refractivity contribution >= 4 is 30.3 Å². The van der Waals surface area contributed by atoms with Crippen molar-refractivity contribution in [2.24, 2.45) is 0 Å². The minimum absolute atomic E-state index is 0.00959. The van der Waals surface area contributed by atoms with Crippen LogP contribution in [0.15, 0.2) is 18.2 Å². The van der Waals surface area contributed by atoms with E-state index in [4.69, 9.17) is 4.74 Å². The predicted octanol–water partition coefficient (Wildman–Crippen LogP) is 0.247. The van der Waals surface area contributed by atoms with E-state index >= 15 is 0 Å². The first-order valence-corrected chi connectivity index (χ1v) is 5.75. The highest BCUT2D eigenvalue weighted by atomic mass is 16.5. The van der Waals surface area contributed by atoms with Crippen LogP contribution in [0.2, 0.25) is 0 Å². The van der Waals surface area contributed by atoms with Gasteiger partial charge in [-0.25, -0.2) is 0 Å². The van der Waals surface area contributed by atoms with Gasteiger partial charge in [0.15, 0.2) is 6.29 Å². The summed E-state index contributed by atoms with van der Waals surface area (Å²) >= 11 is 0. The third-order valence-electron chi connectivity index (χ3n) is 2.33. The largest absolute Gasteiger partial charge is 0.461 e. The second kappa shape index (κ2) is 7.67. The fourth-order valence-corrected chi connectivity index (χ4v) is 1.43. The number of carbonyl (C=O) groups excluding carboxylic acids is 4. The molecule has 0 radical (unpaired) electrons. The van der Waals surface area contributed by atoms with Gasteiger partial charge in [0.1, 0.15) is 6.61 Å². The maximum Gasteiger partial charge on any atom is 0.302 e. The van der Waals surface area contributed by atoms with E-state index < -0.39 is 11.9 Å². The number of carbonyl (C=O) groups is 4. The number of esters is 1. The minimum atomic E-state index is -0.445. The first-order valence-electron chi connectivity index (χ1n) is 5.75. The molecule has 0 saturated heterocycles. The summed E-state index contributed by atoms with van der Waals surface area (Å²) in [6.45, 7) is 1.11. The summed E-state index contributed by atoms with van der Waals surface area (Å²) in [5.74, 6) is -0.860. The van der Waals surface area contributed by atoms with Crippen molar-refractivity contribution in [3.8, 4) is 0 Å². The second-order valence-electron chi connectivity index (χ2n) is 3.86. The van der Waals surface area contributed by atoms with Gasteiger partial charge in [0.05, 0.1) is 6.54 Å². The molecule has 2 amide bonds. The lowest BCUT2D eigenvalue weighted by Gasteiger charge is -2.09. The summed E-state index contributed by atoms with van der Waals surface area (Å²) in [5.41, 5.74) is 1.27. The number of amides is 2. The molecule has 0 aliphatic rings. The minimum Gasteiger partial charge on any atom is -0.461 e. The van der Waals surface area contributed by atoms with E-state index in [1.54, 1.807) is 12.1 Å². The van der Waals surface area contributed by atoms with Crippen LogP contribution in [0.3, 0.4) is 0 Å². The lowest BCUT2D eigenvalue weighted by molar-refractivity contribution is -0.142. The normalized spacial score (nSPS) is 9.45. The SMILES string of the molecule is CC(=O)OCc1ccc(NC(=O)CNC=O)cc1C=O. The van der Waals surface area contributed by atoms with E-state index in [9.17, 15) is 19.2 Å². The highest BCUT2D eigenvalue weighted by Crippen LogP contribution is 2.15. The first-order chi connectivity index (χ1) is 9.56. The van der Waals surface area contributed by atoms with Crippen molar-refractivity contribution in [1.29, 1.82) is 0 Å². The number of benzene rings is 1. The summed E-state index contributed by atoms with van der Waals surface area (Å²) in [6, 6.07) is 4.62. The Morgan fingerprint density at radius 1 is 1.30 bits per heavy atom. The smallest absolute Gasteiger partial charge is 0.302 e. The van der Waals surface area contributed by atoms with Crippen LogP contribution in [0.25, 0.3) is 0 Å². The first kappa shape index (κ1) is 15.4. The molecule has 7 nitrogen and oxygen atoms in total. The molecule has 0 bridgehead atoms. The Morgan fingerprint density at radius 2 is 2.05 bits per heavy atom. The predicted molar refractivity (Wildman–Crippen MR) is 70.0 cm³/mol. The van der Waals surface area contributed by atoms with E-state index in [1.807, 2.05) is 0 Å². The number of hydrogen-bond donors (Lipinski definition) is 2. The molecule has 20 heavy (non-hydrogen) atoms. The second-order valence-corrected chi connectivity index (χ2v) is 3.86. The Hall–Kier alpha value is -2.70. The van der Waals surface area contributed by atoms with Gasteiger partial charge in [0.2, 0.25) is 12.3 Å². The van der Waals surface area contributed by atoms with E-state index in [1.165, 1.54) is 13.0 Å². The van der Waals surface area contributed by atoms with E-state index in [2.05, 4.69) is 10.6 Å². The van der Waals surface area contributed by atoms with Crippen LogP contribution in [0.1, 0.15) is 22.8 Å². The standard InChI is InChI=1S/C13H14N2O5/c1-9(18)20-7-10-2-3-12(4-11(10)6-16)15-13(19)5-14-8-17/h2-4,6,8H,5,7H2,1H3,(H,14,17)(H,15,19). The fraction of sp³-hybridized carbons (Fsp3) is 0.231. The summed E-state index contributed by atoms with van der Waals surface area (Å²) in [7, 11) is 0. The molecule has 0 atom stereocenters. The number of nitrogens with one attached hydrogen (secondary N) is 2. The maximum atomic E-state index is 11.4. The number of anilines is 1. The Labute approximate surface area is 115 Å². The van der Waals surface area contributed by atoms with Crippen molar-refractivity contribution in [3.63, 3.8) is 0 Å². The van der Waals surface area contributed by atoms with Crippen LogP contribution in [0.4, 0.5) is 5.69 Å². The van der Waals surface area contributed by atoms with Crippen LogP contribution in [0, 0.1) is 0 Å². The third-order valence-corrected chi connectivity index (χ3v) is 2.33. The Kier molecular flexibility index (Phi) is 5.89. The van der Waals surface area contributed by atoms with Crippen molar-refractivity contribution in [3.05, 3.63) is 29.3 Å². The number of rotatable bonds is 7. The fourth-order valence-electron chi connectivity index (χ4n) is 1.43. The van der Waals surface area contributed by atoms with Crippen LogP contribution >= 0.6 is 0 Å². The van der Waals surface area contributed by atoms with Gasteiger partial charge >= 0.3 is 5.97 Å². The van der Waals surface area contributed by atoms with Gasteiger partial charge in [-0.2, -0.15) is 0 Å². The molecular weight excluding hydrogens is 264 g/mol. The zero-order valence-corrected chi connectivity index (χ0v) is 10.8. The lowest BCUT2D eigenvalue weighted by atomic mass is 10.1. The highest BCUT2D eigenvalue weighted by Gasteiger charge is 2.07. The van der Waals surface area contributed by atoms with Crippen molar-refractivity contribution in [2.75, 3.05) is 11.9 Å². The van der Waals surface area contributed by atoms with Crippen LogP contribution in [-0.4, -0.2) is 31.1 Å². The average molecular weight is 278 g/mol. The van der Waals surface area contributed by atoms with E-state index in [0.717, 1.165) is 0 Å². The monoisotopic (exact) mass is 278 g/mol. The molecule has 1 aromatic carbocycles. The van der Waals surface area contributed by atoms with Gasteiger partial charge in [-0.1, -0.05) is 6.07 Å². The van der Waals surface area contributed by atoms with Crippen LogP contribution in [0.5, 0.6) is 0 Å². The summed E-state index contributed by atoms with van der Waals surface area (Å²) < 4.78 is 4.81. The molecule has 106 valence electrons. The molecule has 0 spiro atoms. The zero-order chi connectivity index (χ0) is 15.0. The number of ether oxygens (including phenoxy) is 1. The van der Waals surface area contributed by atoms with E-state index in [0.29, 0.717) is 29.5 Å². The molecule has 0 aliphatic heterocycles. The molecule has 1 rings (SSSR count).